The van der Waals surface area contributed by atoms with Gasteiger partial charge in [-0.25, -0.2) is 9.13 Å². The van der Waals surface area contributed by atoms with Crippen LogP contribution in [0.25, 0.3) is 0 Å². The molecular formula is C74H144O17P2. The molecular weight excluding hydrogens is 1220 g/mol. The molecule has 0 bridgehead atoms. The molecule has 0 fully saturated rings. The van der Waals surface area contributed by atoms with Gasteiger partial charge in [0, 0.05) is 25.7 Å². The summed E-state index contributed by atoms with van der Waals surface area (Å²) in [6.45, 7) is 4.95. The second-order valence-electron chi connectivity index (χ2n) is 26.7. The topological polar surface area (TPSA) is 237 Å². The molecule has 5 atom stereocenters. The van der Waals surface area contributed by atoms with Crippen molar-refractivity contribution in [1.82, 2.24) is 0 Å². The van der Waals surface area contributed by atoms with Gasteiger partial charge in [0.05, 0.1) is 26.4 Å². The summed E-state index contributed by atoms with van der Waals surface area (Å²) in [4.78, 5) is 72.6. The van der Waals surface area contributed by atoms with E-state index < -0.39 is 97.5 Å². The van der Waals surface area contributed by atoms with Gasteiger partial charge < -0.3 is 33.8 Å². The summed E-state index contributed by atoms with van der Waals surface area (Å²) >= 11 is 0. The maximum Gasteiger partial charge on any atom is 0.472 e. The lowest BCUT2D eigenvalue weighted by molar-refractivity contribution is -0.161. The molecule has 0 saturated heterocycles. The zero-order valence-corrected chi connectivity index (χ0v) is 62.0. The summed E-state index contributed by atoms with van der Waals surface area (Å²) in [5, 5.41) is 10.6. The molecule has 17 nitrogen and oxygen atoms in total. The molecule has 2 unspecified atom stereocenters. The zero-order valence-electron chi connectivity index (χ0n) is 60.2. The maximum atomic E-state index is 13.1. The molecule has 0 aromatic carbocycles. The summed E-state index contributed by atoms with van der Waals surface area (Å²) in [5.41, 5.74) is 0. The molecule has 93 heavy (non-hydrogen) atoms. The van der Waals surface area contributed by atoms with Crippen LogP contribution >= 0.6 is 15.6 Å². The first kappa shape index (κ1) is 91.1. The molecule has 0 radical (unpaired) electrons. The average molecular weight is 1370 g/mol. The predicted octanol–water partition coefficient (Wildman–Crippen LogP) is 21.8. The molecule has 0 aromatic heterocycles. The van der Waals surface area contributed by atoms with Gasteiger partial charge in [-0.1, -0.05) is 342 Å². The van der Waals surface area contributed by atoms with Crippen molar-refractivity contribution in [3.05, 3.63) is 0 Å². The Labute approximate surface area is 568 Å². The highest BCUT2D eigenvalue weighted by molar-refractivity contribution is 7.47. The molecule has 0 spiro atoms. The minimum absolute atomic E-state index is 0.107. The van der Waals surface area contributed by atoms with Gasteiger partial charge in [0.25, 0.3) is 0 Å². The first-order valence-electron chi connectivity index (χ1n) is 38.8. The van der Waals surface area contributed by atoms with Gasteiger partial charge >= 0.3 is 39.5 Å². The van der Waals surface area contributed by atoms with Crippen molar-refractivity contribution in [2.24, 2.45) is 0 Å². The van der Waals surface area contributed by atoms with E-state index in [2.05, 4.69) is 27.7 Å². The van der Waals surface area contributed by atoms with Crippen molar-refractivity contribution >= 4 is 39.5 Å². The minimum Gasteiger partial charge on any atom is -0.462 e. The number of aliphatic hydroxyl groups is 1. The molecule has 0 aromatic rings. The third-order valence-corrected chi connectivity index (χ3v) is 19.3. The van der Waals surface area contributed by atoms with Crippen LogP contribution in [0, 0.1) is 0 Å². The lowest BCUT2D eigenvalue weighted by atomic mass is 10.0. The van der Waals surface area contributed by atoms with Crippen molar-refractivity contribution in [2.45, 2.75) is 412 Å². The van der Waals surface area contributed by atoms with Crippen LogP contribution in [0.15, 0.2) is 0 Å². The molecule has 0 aliphatic carbocycles. The lowest BCUT2D eigenvalue weighted by Crippen LogP contribution is -2.30. The summed E-state index contributed by atoms with van der Waals surface area (Å²) in [5.74, 6) is -2.12. The van der Waals surface area contributed by atoms with E-state index in [1.54, 1.807) is 0 Å². The van der Waals surface area contributed by atoms with E-state index in [0.29, 0.717) is 25.7 Å². The molecule has 0 amide bonds. The Kier molecular flexibility index (Phi) is 67.1. The Hall–Kier alpha value is -1.94. The number of phosphoric acid groups is 2. The SMILES string of the molecule is CCCCCCCCCCCCCCCCCCCCCCCC(=O)O[C@H](COC(=O)CCCCCCCCCCCCCC)COP(=O)(O)OC[C@@H](O)COP(=O)(O)OC[C@@H](COC(=O)CCCCCCCCCCCC)OC(=O)CCCCCCCCCCCC. The molecule has 0 rings (SSSR count). The monoisotopic (exact) mass is 1370 g/mol. The van der Waals surface area contributed by atoms with Crippen LogP contribution in [-0.4, -0.2) is 96.7 Å². The van der Waals surface area contributed by atoms with Crippen molar-refractivity contribution in [2.75, 3.05) is 39.6 Å². The Morgan fingerprint density at radius 3 is 0.634 bits per heavy atom. The third-order valence-electron chi connectivity index (χ3n) is 17.4. The van der Waals surface area contributed by atoms with Crippen molar-refractivity contribution in [3.63, 3.8) is 0 Å². The summed E-state index contributed by atoms with van der Waals surface area (Å²) < 4.78 is 68.4. The summed E-state index contributed by atoms with van der Waals surface area (Å²) in [6.07, 6.45) is 58.3. The van der Waals surface area contributed by atoms with Gasteiger partial charge in [0.2, 0.25) is 0 Å². The highest BCUT2D eigenvalue weighted by Crippen LogP contribution is 2.45. The molecule has 552 valence electrons. The van der Waals surface area contributed by atoms with Crippen molar-refractivity contribution in [1.29, 1.82) is 0 Å². The first-order valence-corrected chi connectivity index (χ1v) is 41.8. The number of carbonyl (C=O) groups is 4. The van der Waals surface area contributed by atoms with Gasteiger partial charge in [-0.2, -0.15) is 0 Å². The second kappa shape index (κ2) is 68.6. The Balaban J connectivity index is 5.16. The zero-order chi connectivity index (χ0) is 68.2. The normalized spacial score (nSPS) is 13.9. The predicted molar refractivity (Wildman–Crippen MR) is 377 cm³/mol. The molecule has 0 heterocycles. The maximum absolute atomic E-state index is 13.1. The van der Waals surface area contributed by atoms with Gasteiger partial charge in [-0.05, 0) is 25.7 Å². The van der Waals surface area contributed by atoms with Gasteiger partial charge in [0.15, 0.2) is 12.2 Å². The van der Waals surface area contributed by atoms with E-state index >= 15 is 0 Å². The minimum atomic E-state index is -4.95. The standard InChI is InChI=1S/C74H144O17P2/c1-5-9-13-17-21-25-29-31-32-33-34-35-36-37-38-39-41-45-49-53-57-61-74(79)91-70(65-85-72(77)59-55-51-47-44-40-30-26-22-18-14-10-6-2)67-89-93(82,83)87-63-68(75)62-86-92(80,81)88-66-69(90-73(78)60-56-52-48-43-28-24-20-16-12-8-4)64-84-71(76)58-54-50-46-42-27-23-19-15-11-7-3/h68-70,75H,5-67H2,1-4H3,(H,80,81)(H,82,83)/t68-,69+,70+/m0/s1. The molecule has 3 N–H and O–H groups in total. The Morgan fingerprint density at radius 1 is 0.258 bits per heavy atom. The number of unbranched alkanes of at least 4 members (excludes halogenated alkanes) is 49. The van der Waals surface area contributed by atoms with Crippen LogP contribution in [0.4, 0.5) is 0 Å². The van der Waals surface area contributed by atoms with E-state index in [-0.39, 0.29) is 25.7 Å². The number of esters is 4. The summed E-state index contributed by atoms with van der Waals surface area (Å²) in [7, 11) is -9.90. The van der Waals surface area contributed by atoms with E-state index in [4.69, 9.17) is 37.0 Å². The van der Waals surface area contributed by atoms with Gasteiger partial charge in [0.1, 0.15) is 19.3 Å². The summed E-state index contributed by atoms with van der Waals surface area (Å²) in [6, 6.07) is 0. The largest absolute Gasteiger partial charge is 0.472 e. The second-order valence-corrected chi connectivity index (χ2v) is 29.6. The van der Waals surface area contributed by atoms with Crippen LogP contribution in [-0.2, 0) is 65.4 Å². The van der Waals surface area contributed by atoms with E-state index in [1.165, 1.54) is 225 Å². The number of aliphatic hydroxyl groups excluding tert-OH is 1. The van der Waals surface area contributed by atoms with Crippen molar-refractivity contribution < 1.29 is 80.2 Å². The number of ether oxygens (including phenoxy) is 4. The van der Waals surface area contributed by atoms with Crippen LogP contribution in [0.5, 0.6) is 0 Å². The van der Waals surface area contributed by atoms with E-state index in [1.807, 2.05) is 0 Å². The number of rotatable bonds is 75. The van der Waals surface area contributed by atoms with Crippen LogP contribution in [0.2, 0.25) is 0 Å². The van der Waals surface area contributed by atoms with Crippen LogP contribution < -0.4 is 0 Å². The number of hydrogen-bond donors (Lipinski definition) is 3. The number of phosphoric ester groups is 2. The number of carbonyl (C=O) groups excluding carboxylic acids is 4. The third kappa shape index (κ3) is 68.4. The molecule has 0 saturated carbocycles. The van der Waals surface area contributed by atoms with Crippen LogP contribution in [0.3, 0.4) is 0 Å². The highest BCUT2D eigenvalue weighted by Gasteiger charge is 2.30. The fraction of sp³-hybridized carbons (Fsp3) is 0.946. The number of hydrogen-bond acceptors (Lipinski definition) is 15. The first-order chi connectivity index (χ1) is 45.2. The Bertz CT molecular complexity index is 1770. The van der Waals surface area contributed by atoms with Gasteiger partial charge in [-0.3, -0.25) is 37.3 Å². The van der Waals surface area contributed by atoms with Gasteiger partial charge in [-0.15, -0.1) is 0 Å². The van der Waals surface area contributed by atoms with E-state index in [0.717, 1.165) is 89.9 Å². The highest BCUT2D eigenvalue weighted by atomic mass is 31.2. The Morgan fingerprint density at radius 2 is 0.430 bits per heavy atom. The molecule has 0 aliphatic rings. The fourth-order valence-electron chi connectivity index (χ4n) is 11.4. The molecule has 0 aliphatic heterocycles. The molecule has 19 heteroatoms. The van der Waals surface area contributed by atoms with Crippen molar-refractivity contribution in [3.8, 4) is 0 Å². The smallest absolute Gasteiger partial charge is 0.462 e. The average Bonchev–Trinajstić information content (AvgIpc) is 3.75. The fourth-order valence-corrected chi connectivity index (χ4v) is 13.0. The van der Waals surface area contributed by atoms with E-state index in [9.17, 15) is 43.2 Å². The van der Waals surface area contributed by atoms with Crippen LogP contribution in [0.1, 0.15) is 394 Å². The lowest BCUT2D eigenvalue weighted by Gasteiger charge is -2.21. The quantitative estimate of drug-likeness (QED) is 0.0222.